The van der Waals surface area contributed by atoms with Crippen LogP contribution in [-0.2, 0) is 14.3 Å². The molecule has 5 nitrogen and oxygen atoms in total. The van der Waals surface area contributed by atoms with Crippen LogP contribution in [0.4, 0.5) is 0 Å². The number of piperidine rings is 1. The summed E-state index contributed by atoms with van der Waals surface area (Å²) in [6.45, 7) is 4.60. The molecule has 0 aromatic carbocycles. The fourth-order valence-corrected chi connectivity index (χ4v) is 2.05. The fraction of sp³-hybridized carbons (Fsp3) is 0.923. The Balaban J connectivity index is 2.04. The maximum absolute atomic E-state index is 11.6. The first-order valence-corrected chi connectivity index (χ1v) is 6.85. The van der Waals surface area contributed by atoms with Crippen molar-refractivity contribution in [1.29, 1.82) is 0 Å². The Morgan fingerprint density at radius 1 is 1.44 bits per heavy atom. The van der Waals surface area contributed by atoms with E-state index in [1.807, 2.05) is 0 Å². The zero-order valence-corrected chi connectivity index (χ0v) is 11.5. The van der Waals surface area contributed by atoms with Crippen LogP contribution in [0, 0.1) is 0 Å². The van der Waals surface area contributed by atoms with Gasteiger partial charge in [0.2, 0.25) is 5.91 Å². The second-order valence-electron chi connectivity index (χ2n) is 4.73. The van der Waals surface area contributed by atoms with Crippen molar-refractivity contribution in [2.75, 3.05) is 33.4 Å². The number of nitrogens with one attached hydrogen (secondary N) is 2. The van der Waals surface area contributed by atoms with Crippen molar-refractivity contribution in [2.24, 2.45) is 0 Å². The van der Waals surface area contributed by atoms with Gasteiger partial charge in [0.25, 0.3) is 0 Å². The molecule has 0 aromatic rings. The molecule has 1 aliphatic heterocycles. The van der Waals surface area contributed by atoms with Crippen LogP contribution >= 0.6 is 0 Å². The standard InChI is InChI=1S/C13H26N2O3/c1-11(13(16)15-8-10-17-2)18-9-6-12-5-3-4-7-14-12/h11-12,14H,3-10H2,1-2H3,(H,15,16). The van der Waals surface area contributed by atoms with Gasteiger partial charge in [0.15, 0.2) is 0 Å². The molecule has 0 aliphatic carbocycles. The Kier molecular flexibility index (Phi) is 7.96. The molecule has 1 rings (SSSR count). The molecule has 0 spiro atoms. The van der Waals surface area contributed by atoms with E-state index >= 15 is 0 Å². The van der Waals surface area contributed by atoms with Crippen LogP contribution in [0.25, 0.3) is 0 Å². The lowest BCUT2D eigenvalue weighted by Gasteiger charge is -2.23. The van der Waals surface area contributed by atoms with Gasteiger partial charge in [-0.15, -0.1) is 0 Å². The molecule has 0 radical (unpaired) electrons. The minimum atomic E-state index is -0.384. The highest BCUT2D eigenvalue weighted by Crippen LogP contribution is 2.10. The van der Waals surface area contributed by atoms with Gasteiger partial charge in [-0.05, 0) is 32.7 Å². The summed E-state index contributed by atoms with van der Waals surface area (Å²) in [7, 11) is 1.61. The molecule has 1 fully saturated rings. The highest BCUT2D eigenvalue weighted by molar-refractivity contribution is 5.80. The lowest BCUT2D eigenvalue weighted by Crippen LogP contribution is -2.38. The van der Waals surface area contributed by atoms with Crippen LogP contribution in [-0.4, -0.2) is 51.5 Å². The molecule has 18 heavy (non-hydrogen) atoms. The van der Waals surface area contributed by atoms with E-state index in [0.29, 0.717) is 25.8 Å². The molecule has 1 aliphatic rings. The van der Waals surface area contributed by atoms with Crippen LogP contribution in [0.5, 0.6) is 0 Å². The molecule has 0 saturated carbocycles. The number of hydrogen-bond donors (Lipinski definition) is 2. The molecule has 1 amide bonds. The highest BCUT2D eigenvalue weighted by Gasteiger charge is 2.15. The molecule has 1 saturated heterocycles. The van der Waals surface area contributed by atoms with Crippen molar-refractivity contribution in [3.8, 4) is 0 Å². The van der Waals surface area contributed by atoms with E-state index < -0.39 is 0 Å². The highest BCUT2D eigenvalue weighted by atomic mass is 16.5. The molecule has 2 atom stereocenters. The zero-order valence-electron chi connectivity index (χ0n) is 11.5. The van der Waals surface area contributed by atoms with E-state index in [2.05, 4.69) is 10.6 Å². The van der Waals surface area contributed by atoms with Crippen LogP contribution in [0.2, 0.25) is 0 Å². The van der Waals surface area contributed by atoms with Gasteiger partial charge in [-0.3, -0.25) is 4.79 Å². The predicted octanol–water partition coefficient (Wildman–Crippen LogP) is 0.686. The second kappa shape index (κ2) is 9.30. The van der Waals surface area contributed by atoms with Gasteiger partial charge < -0.3 is 20.1 Å². The van der Waals surface area contributed by atoms with E-state index in [-0.39, 0.29) is 12.0 Å². The van der Waals surface area contributed by atoms with Gasteiger partial charge in [-0.2, -0.15) is 0 Å². The normalized spacial score (nSPS) is 21.6. The smallest absolute Gasteiger partial charge is 0.248 e. The number of ether oxygens (including phenoxy) is 2. The van der Waals surface area contributed by atoms with Crippen LogP contribution in [0.3, 0.4) is 0 Å². The Labute approximate surface area is 110 Å². The summed E-state index contributed by atoms with van der Waals surface area (Å²) in [4.78, 5) is 11.6. The van der Waals surface area contributed by atoms with E-state index in [9.17, 15) is 4.79 Å². The Bertz CT molecular complexity index is 230. The quantitative estimate of drug-likeness (QED) is 0.629. The summed E-state index contributed by atoms with van der Waals surface area (Å²) in [5, 5.41) is 6.23. The summed E-state index contributed by atoms with van der Waals surface area (Å²) in [5.74, 6) is -0.0661. The maximum Gasteiger partial charge on any atom is 0.248 e. The zero-order chi connectivity index (χ0) is 13.2. The van der Waals surface area contributed by atoms with Crippen molar-refractivity contribution in [3.05, 3.63) is 0 Å². The molecule has 5 heteroatoms. The first-order valence-electron chi connectivity index (χ1n) is 6.85. The Hall–Kier alpha value is -0.650. The van der Waals surface area contributed by atoms with Gasteiger partial charge in [0.05, 0.1) is 6.61 Å². The number of rotatable bonds is 8. The van der Waals surface area contributed by atoms with Crippen molar-refractivity contribution < 1.29 is 14.3 Å². The molecular weight excluding hydrogens is 232 g/mol. The van der Waals surface area contributed by atoms with Crippen LogP contribution < -0.4 is 10.6 Å². The molecule has 0 bridgehead atoms. The Morgan fingerprint density at radius 2 is 2.28 bits per heavy atom. The third kappa shape index (κ3) is 6.33. The summed E-state index contributed by atoms with van der Waals surface area (Å²) in [5.41, 5.74) is 0. The van der Waals surface area contributed by atoms with Crippen molar-refractivity contribution in [1.82, 2.24) is 10.6 Å². The minimum Gasteiger partial charge on any atom is -0.383 e. The largest absolute Gasteiger partial charge is 0.383 e. The first-order chi connectivity index (χ1) is 8.74. The van der Waals surface area contributed by atoms with Crippen molar-refractivity contribution in [2.45, 2.75) is 44.8 Å². The molecule has 2 N–H and O–H groups in total. The van der Waals surface area contributed by atoms with E-state index in [1.165, 1.54) is 19.3 Å². The third-order valence-corrected chi connectivity index (χ3v) is 3.22. The summed E-state index contributed by atoms with van der Waals surface area (Å²) in [6, 6.07) is 0.558. The topological polar surface area (TPSA) is 59.6 Å². The number of carbonyl (C=O) groups excluding carboxylic acids is 1. The van der Waals surface area contributed by atoms with Crippen molar-refractivity contribution >= 4 is 5.91 Å². The monoisotopic (exact) mass is 258 g/mol. The molecule has 2 unspecified atom stereocenters. The van der Waals surface area contributed by atoms with Gasteiger partial charge in [-0.1, -0.05) is 6.42 Å². The predicted molar refractivity (Wildman–Crippen MR) is 70.6 cm³/mol. The maximum atomic E-state index is 11.6. The minimum absolute atomic E-state index is 0.0661. The van der Waals surface area contributed by atoms with Gasteiger partial charge in [0.1, 0.15) is 6.10 Å². The molecular formula is C13H26N2O3. The SMILES string of the molecule is COCCNC(=O)C(C)OCCC1CCCCN1. The molecule has 0 aromatic heterocycles. The fourth-order valence-electron chi connectivity index (χ4n) is 2.05. The van der Waals surface area contributed by atoms with Gasteiger partial charge >= 0.3 is 0 Å². The van der Waals surface area contributed by atoms with Crippen LogP contribution in [0.15, 0.2) is 0 Å². The number of methoxy groups -OCH3 is 1. The van der Waals surface area contributed by atoms with Gasteiger partial charge in [0, 0.05) is 26.3 Å². The van der Waals surface area contributed by atoms with E-state index in [1.54, 1.807) is 14.0 Å². The summed E-state index contributed by atoms with van der Waals surface area (Å²) >= 11 is 0. The lowest BCUT2D eigenvalue weighted by molar-refractivity contribution is -0.132. The number of hydrogen-bond acceptors (Lipinski definition) is 4. The lowest BCUT2D eigenvalue weighted by atomic mass is 10.0. The summed E-state index contributed by atoms with van der Waals surface area (Å²) in [6.07, 6.45) is 4.39. The van der Waals surface area contributed by atoms with Gasteiger partial charge in [-0.25, -0.2) is 0 Å². The van der Waals surface area contributed by atoms with E-state index in [0.717, 1.165) is 13.0 Å². The Morgan fingerprint density at radius 3 is 2.94 bits per heavy atom. The third-order valence-electron chi connectivity index (χ3n) is 3.22. The second-order valence-corrected chi connectivity index (χ2v) is 4.73. The summed E-state index contributed by atoms with van der Waals surface area (Å²) < 4.78 is 10.4. The first kappa shape index (κ1) is 15.4. The number of carbonyl (C=O) groups is 1. The van der Waals surface area contributed by atoms with Crippen molar-refractivity contribution in [3.63, 3.8) is 0 Å². The molecule has 1 heterocycles. The average Bonchev–Trinajstić information content (AvgIpc) is 2.40. The average molecular weight is 258 g/mol. The van der Waals surface area contributed by atoms with E-state index in [4.69, 9.17) is 9.47 Å². The molecule has 106 valence electrons. The van der Waals surface area contributed by atoms with Crippen LogP contribution in [0.1, 0.15) is 32.6 Å². The number of amides is 1.